The molecule has 0 fully saturated rings. The fourth-order valence-electron chi connectivity index (χ4n) is 2.27. The van der Waals surface area contributed by atoms with Crippen molar-refractivity contribution in [1.82, 2.24) is 4.98 Å². The molecule has 0 unspecified atom stereocenters. The van der Waals surface area contributed by atoms with Crippen LogP contribution in [0, 0.1) is 0 Å². The molecule has 5 nitrogen and oxygen atoms in total. The summed E-state index contributed by atoms with van der Waals surface area (Å²) in [5.41, 5.74) is -0.0760. The van der Waals surface area contributed by atoms with E-state index < -0.39 is 5.97 Å². The zero-order valence-corrected chi connectivity index (χ0v) is 15.1. The zero-order valence-electron chi connectivity index (χ0n) is 15.1. The zero-order chi connectivity index (χ0) is 18.9. The SMILES string of the molecule is C=C/C=C\C=C(/C)Oc1ccc2c(O)c(C(=O)OCCCC)ncc2c1. The first-order chi connectivity index (χ1) is 12.6. The van der Waals surface area contributed by atoms with Gasteiger partial charge in [0.15, 0.2) is 11.4 Å². The van der Waals surface area contributed by atoms with Crippen LogP contribution in [0.5, 0.6) is 11.5 Å². The van der Waals surface area contributed by atoms with Gasteiger partial charge in [0.05, 0.1) is 6.61 Å². The van der Waals surface area contributed by atoms with Gasteiger partial charge in [-0.05, 0) is 37.6 Å². The van der Waals surface area contributed by atoms with E-state index in [1.165, 1.54) is 6.20 Å². The summed E-state index contributed by atoms with van der Waals surface area (Å²) in [4.78, 5) is 16.1. The number of ether oxygens (including phenoxy) is 2. The number of aromatic hydroxyl groups is 1. The van der Waals surface area contributed by atoms with Crippen molar-refractivity contribution in [3.05, 3.63) is 66.7 Å². The van der Waals surface area contributed by atoms with Gasteiger partial charge in [0.25, 0.3) is 0 Å². The van der Waals surface area contributed by atoms with E-state index in [-0.39, 0.29) is 11.4 Å². The van der Waals surface area contributed by atoms with Crippen molar-refractivity contribution in [2.75, 3.05) is 6.61 Å². The van der Waals surface area contributed by atoms with Crippen LogP contribution >= 0.6 is 0 Å². The monoisotopic (exact) mass is 353 g/mol. The van der Waals surface area contributed by atoms with Crippen molar-refractivity contribution < 1.29 is 19.4 Å². The minimum Gasteiger partial charge on any atom is -0.505 e. The summed E-state index contributed by atoms with van der Waals surface area (Å²) in [6, 6.07) is 5.17. The van der Waals surface area contributed by atoms with Crippen LogP contribution in [0.25, 0.3) is 10.8 Å². The van der Waals surface area contributed by atoms with E-state index in [9.17, 15) is 9.90 Å². The molecule has 0 saturated carbocycles. The van der Waals surface area contributed by atoms with Crippen LogP contribution in [-0.4, -0.2) is 22.7 Å². The van der Waals surface area contributed by atoms with Crippen molar-refractivity contribution >= 4 is 16.7 Å². The van der Waals surface area contributed by atoms with Crippen LogP contribution in [-0.2, 0) is 4.74 Å². The molecule has 0 saturated heterocycles. The maximum atomic E-state index is 12.0. The Bertz CT molecular complexity index is 852. The highest BCUT2D eigenvalue weighted by atomic mass is 16.5. The first kappa shape index (κ1) is 19.2. The standard InChI is InChI=1S/C21H23NO4/c1-4-6-8-9-15(3)26-17-10-11-18-16(13-17)14-22-19(20(18)23)21(24)25-12-7-5-2/h4,6,8-11,13-14,23H,1,5,7,12H2,2-3H3/b8-6-,15-9+. The van der Waals surface area contributed by atoms with E-state index in [1.54, 1.807) is 30.4 Å². The number of carbonyl (C=O) groups is 1. The number of aromatic nitrogens is 1. The Morgan fingerprint density at radius 1 is 1.35 bits per heavy atom. The lowest BCUT2D eigenvalue weighted by Crippen LogP contribution is -2.08. The molecular formula is C21H23NO4. The lowest BCUT2D eigenvalue weighted by atomic mass is 10.1. The van der Waals surface area contributed by atoms with Gasteiger partial charge in [-0.3, -0.25) is 0 Å². The summed E-state index contributed by atoms with van der Waals surface area (Å²) in [5, 5.41) is 11.5. The van der Waals surface area contributed by atoms with Crippen LogP contribution in [0.4, 0.5) is 0 Å². The van der Waals surface area contributed by atoms with E-state index in [0.717, 1.165) is 12.8 Å². The summed E-state index contributed by atoms with van der Waals surface area (Å²) in [7, 11) is 0. The average Bonchev–Trinajstić information content (AvgIpc) is 2.62. The summed E-state index contributed by atoms with van der Waals surface area (Å²) < 4.78 is 10.8. The molecule has 1 heterocycles. The number of hydrogen-bond acceptors (Lipinski definition) is 5. The van der Waals surface area contributed by atoms with E-state index in [1.807, 2.05) is 26.0 Å². The van der Waals surface area contributed by atoms with Crippen LogP contribution < -0.4 is 4.74 Å². The predicted octanol–water partition coefficient (Wildman–Crippen LogP) is 4.92. The molecule has 0 spiro atoms. The fourth-order valence-corrected chi connectivity index (χ4v) is 2.27. The van der Waals surface area contributed by atoms with Gasteiger partial charge in [-0.1, -0.05) is 38.2 Å². The molecule has 26 heavy (non-hydrogen) atoms. The Morgan fingerprint density at radius 2 is 2.15 bits per heavy atom. The van der Waals surface area contributed by atoms with Crippen molar-refractivity contribution in [2.24, 2.45) is 0 Å². The normalized spacial score (nSPS) is 11.7. The van der Waals surface area contributed by atoms with Gasteiger partial charge in [-0.15, -0.1) is 0 Å². The molecule has 0 radical (unpaired) electrons. The van der Waals surface area contributed by atoms with Gasteiger partial charge in [0.1, 0.15) is 11.5 Å². The second kappa shape index (κ2) is 9.42. The third kappa shape index (κ3) is 4.96. The third-order valence-electron chi connectivity index (χ3n) is 3.62. The van der Waals surface area contributed by atoms with E-state index in [4.69, 9.17) is 9.47 Å². The van der Waals surface area contributed by atoms with Gasteiger partial charge in [-0.2, -0.15) is 0 Å². The molecule has 0 aliphatic carbocycles. The maximum Gasteiger partial charge on any atom is 0.360 e. The largest absolute Gasteiger partial charge is 0.505 e. The number of hydrogen-bond donors (Lipinski definition) is 1. The number of unbranched alkanes of at least 4 members (excludes halogenated alkanes) is 1. The smallest absolute Gasteiger partial charge is 0.360 e. The molecular weight excluding hydrogens is 330 g/mol. The molecule has 2 rings (SSSR count). The molecule has 1 aromatic heterocycles. The Morgan fingerprint density at radius 3 is 2.88 bits per heavy atom. The summed E-state index contributed by atoms with van der Waals surface area (Å²) in [6.45, 7) is 7.76. The van der Waals surface area contributed by atoms with Gasteiger partial charge in [-0.25, -0.2) is 9.78 Å². The minimum atomic E-state index is -0.619. The third-order valence-corrected chi connectivity index (χ3v) is 3.62. The highest BCUT2D eigenvalue weighted by molar-refractivity contribution is 5.99. The van der Waals surface area contributed by atoms with Crippen LogP contribution in [0.2, 0.25) is 0 Å². The van der Waals surface area contributed by atoms with E-state index in [0.29, 0.717) is 28.9 Å². The molecule has 0 aliphatic rings. The molecule has 0 atom stereocenters. The molecule has 1 N–H and O–H groups in total. The molecule has 0 amide bonds. The van der Waals surface area contributed by atoms with Gasteiger partial charge in [0.2, 0.25) is 0 Å². The minimum absolute atomic E-state index is 0.0760. The highest BCUT2D eigenvalue weighted by Crippen LogP contribution is 2.30. The Labute approximate surface area is 153 Å². The van der Waals surface area contributed by atoms with E-state index in [2.05, 4.69) is 11.6 Å². The maximum absolute atomic E-state index is 12.0. The number of esters is 1. The first-order valence-electron chi connectivity index (χ1n) is 8.49. The van der Waals surface area contributed by atoms with Gasteiger partial charge < -0.3 is 14.6 Å². The van der Waals surface area contributed by atoms with Crippen LogP contribution in [0.3, 0.4) is 0 Å². The number of nitrogens with zero attached hydrogens (tertiary/aromatic N) is 1. The van der Waals surface area contributed by atoms with Crippen molar-refractivity contribution in [1.29, 1.82) is 0 Å². The lowest BCUT2D eigenvalue weighted by molar-refractivity contribution is 0.0489. The molecule has 1 aromatic carbocycles. The van der Waals surface area contributed by atoms with E-state index >= 15 is 0 Å². The number of carbonyl (C=O) groups excluding carboxylic acids is 1. The second-order valence-corrected chi connectivity index (χ2v) is 5.69. The van der Waals surface area contributed by atoms with Crippen LogP contribution in [0.1, 0.15) is 37.2 Å². The number of fused-ring (bicyclic) bond motifs is 1. The molecule has 5 heteroatoms. The fraction of sp³-hybridized carbons (Fsp3) is 0.238. The predicted molar refractivity (Wildman–Crippen MR) is 102 cm³/mol. The Hall–Kier alpha value is -3.08. The Balaban J connectivity index is 2.22. The van der Waals surface area contributed by atoms with Gasteiger partial charge >= 0.3 is 5.97 Å². The summed E-state index contributed by atoms with van der Waals surface area (Å²) >= 11 is 0. The topological polar surface area (TPSA) is 68.7 Å². The van der Waals surface area contributed by atoms with Crippen molar-refractivity contribution in [2.45, 2.75) is 26.7 Å². The second-order valence-electron chi connectivity index (χ2n) is 5.69. The first-order valence-corrected chi connectivity index (χ1v) is 8.49. The number of rotatable bonds is 8. The summed E-state index contributed by atoms with van der Waals surface area (Å²) in [5.74, 6) is 0.510. The number of benzene rings is 1. The molecule has 0 aliphatic heterocycles. The average molecular weight is 353 g/mol. The molecule has 2 aromatic rings. The van der Waals surface area contributed by atoms with Gasteiger partial charge in [0, 0.05) is 17.0 Å². The summed E-state index contributed by atoms with van der Waals surface area (Å²) in [6.07, 6.45) is 10.3. The Kier molecular flexibility index (Phi) is 6.97. The molecule has 136 valence electrons. The van der Waals surface area contributed by atoms with Crippen LogP contribution in [0.15, 0.2) is 61.0 Å². The number of pyridine rings is 1. The number of allylic oxidation sites excluding steroid dienone is 5. The lowest BCUT2D eigenvalue weighted by Gasteiger charge is -2.10. The van der Waals surface area contributed by atoms with Crippen molar-refractivity contribution in [3.8, 4) is 11.5 Å². The highest BCUT2D eigenvalue weighted by Gasteiger charge is 2.17. The molecule has 0 bridgehead atoms. The quantitative estimate of drug-likeness (QED) is 0.316. The van der Waals surface area contributed by atoms with Crippen molar-refractivity contribution in [3.63, 3.8) is 0 Å².